The van der Waals surface area contributed by atoms with Gasteiger partial charge in [-0.3, -0.25) is 0 Å². The summed E-state index contributed by atoms with van der Waals surface area (Å²) in [5, 5.41) is 1.65. The van der Waals surface area contributed by atoms with Crippen molar-refractivity contribution < 1.29 is 20.8 Å². The quantitative estimate of drug-likeness (QED) is 0.566. The second-order valence-corrected chi connectivity index (χ2v) is 20.4. The van der Waals surface area contributed by atoms with Crippen molar-refractivity contribution in [1.29, 1.82) is 0 Å². The van der Waals surface area contributed by atoms with Crippen molar-refractivity contribution in [2.75, 3.05) is 0 Å². The van der Waals surface area contributed by atoms with Crippen molar-refractivity contribution in [3.8, 4) is 0 Å². The number of rotatable bonds is 2. The third-order valence-corrected chi connectivity index (χ3v) is 7.13. The van der Waals surface area contributed by atoms with Crippen LogP contribution in [-0.4, -0.2) is 16.1 Å². The Bertz CT molecular complexity index is 275. The van der Waals surface area contributed by atoms with Gasteiger partial charge in [-0.2, -0.15) is 0 Å². The van der Waals surface area contributed by atoms with E-state index in [2.05, 4.69) is 57.5 Å². The van der Waals surface area contributed by atoms with Gasteiger partial charge in [0.2, 0.25) is 0 Å². The zero-order valence-electron chi connectivity index (χ0n) is 11.1. The first kappa shape index (κ1) is 17.4. The van der Waals surface area contributed by atoms with Gasteiger partial charge < -0.3 is 0 Å². The average Bonchev–Trinajstić information content (AvgIpc) is 2.49. The van der Waals surface area contributed by atoms with Gasteiger partial charge >= 0.3 is 37.9 Å². The van der Waals surface area contributed by atoms with E-state index < -0.39 is 37.0 Å². The molecule has 1 aliphatic rings. The molecule has 0 aromatic rings. The zero-order chi connectivity index (χ0) is 13.0. The van der Waals surface area contributed by atoms with Crippen LogP contribution in [0.3, 0.4) is 0 Å². The summed E-state index contributed by atoms with van der Waals surface area (Å²) < 4.78 is 0. The van der Waals surface area contributed by atoms with Crippen LogP contribution in [0.15, 0.2) is 23.4 Å². The van der Waals surface area contributed by atoms with Gasteiger partial charge in [-0.15, -0.1) is 0 Å². The fourth-order valence-electron chi connectivity index (χ4n) is 1.55. The monoisotopic (exact) mass is 370 g/mol. The van der Waals surface area contributed by atoms with Crippen LogP contribution in [0, 0.1) is 0 Å². The maximum atomic E-state index is 4.93. The number of allylic oxidation sites excluding steroid dienone is 4. The third kappa shape index (κ3) is 6.35. The summed E-state index contributed by atoms with van der Waals surface area (Å²) in [5.41, 5.74) is 0.786. The fourth-order valence-corrected chi connectivity index (χ4v) is 4.35. The molecule has 0 amide bonds. The Morgan fingerprint density at radius 1 is 1.06 bits per heavy atom. The molecule has 1 aliphatic carbocycles. The van der Waals surface area contributed by atoms with Gasteiger partial charge in [-0.25, -0.2) is 0 Å². The molecule has 0 heterocycles. The van der Waals surface area contributed by atoms with Crippen molar-refractivity contribution in [2.24, 2.45) is 0 Å². The second kappa shape index (κ2) is 7.09. The van der Waals surface area contributed by atoms with Gasteiger partial charge in [0.05, 0.1) is 16.1 Å². The van der Waals surface area contributed by atoms with Crippen LogP contribution in [-0.2, 0) is 20.8 Å². The SMILES string of the molecule is C[Si](C)(C)C1=CC([Si](C)(C)C)C=C1.[Cl][Zr][Cl]. The first-order chi connectivity index (χ1) is 7.12. The Hall–Kier alpha value is 1.38. The fraction of sp³-hybridized carbons (Fsp3) is 0.636. The molecule has 5 heteroatoms. The van der Waals surface area contributed by atoms with Gasteiger partial charge in [-0.05, 0) is 5.54 Å². The molecule has 0 saturated carbocycles. The molecule has 0 aromatic carbocycles. The molecule has 0 radical (unpaired) electrons. The topological polar surface area (TPSA) is 0 Å². The molecular weight excluding hydrogens is 350 g/mol. The summed E-state index contributed by atoms with van der Waals surface area (Å²) in [6.07, 6.45) is 7.35. The molecule has 0 spiro atoms. The molecular formula is C11H22Cl2Si2Zr. The molecule has 1 unspecified atom stereocenters. The summed E-state index contributed by atoms with van der Waals surface area (Å²) in [6, 6.07) is 0. The summed E-state index contributed by atoms with van der Waals surface area (Å²) in [4.78, 5) is 0. The van der Waals surface area contributed by atoms with Crippen molar-refractivity contribution in [1.82, 2.24) is 0 Å². The van der Waals surface area contributed by atoms with E-state index in [-0.39, 0.29) is 0 Å². The Balaban J connectivity index is 0.000000673. The van der Waals surface area contributed by atoms with Crippen LogP contribution in [0.4, 0.5) is 0 Å². The van der Waals surface area contributed by atoms with E-state index in [1.54, 1.807) is 5.20 Å². The molecule has 0 nitrogen and oxygen atoms in total. The summed E-state index contributed by atoms with van der Waals surface area (Å²) >= 11 is -0.826. The Labute approximate surface area is 121 Å². The Morgan fingerprint density at radius 2 is 1.50 bits per heavy atom. The molecule has 0 bridgehead atoms. The van der Waals surface area contributed by atoms with E-state index in [9.17, 15) is 0 Å². The minimum absolute atomic E-state index is 0.786. The normalized spacial score (nSPS) is 20.0. The Morgan fingerprint density at radius 3 is 1.69 bits per heavy atom. The molecule has 92 valence electrons. The van der Waals surface area contributed by atoms with Crippen LogP contribution >= 0.6 is 17.0 Å². The molecule has 0 aromatic heterocycles. The molecule has 0 fully saturated rings. The van der Waals surface area contributed by atoms with Gasteiger partial charge in [0.15, 0.2) is 0 Å². The van der Waals surface area contributed by atoms with Crippen molar-refractivity contribution in [2.45, 2.75) is 44.8 Å². The molecule has 1 rings (SSSR count). The maximum absolute atomic E-state index is 4.93. The number of halogens is 2. The van der Waals surface area contributed by atoms with E-state index in [0.29, 0.717) is 0 Å². The van der Waals surface area contributed by atoms with Crippen LogP contribution in [0.2, 0.25) is 44.8 Å². The summed E-state index contributed by atoms with van der Waals surface area (Å²) in [5.74, 6) is 0. The van der Waals surface area contributed by atoms with Gasteiger partial charge in [0.25, 0.3) is 0 Å². The van der Waals surface area contributed by atoms with Crippen LogP contribution < -0.4 is 0 Å². The van der Waals surface area contributed by atoms with E-state index in [1.807, 2.05) is 0 Å². The predicted octanol–water partition coefficient (Wildman–Crippen LogP) is 5.44. The van der Waals surface area contributed by atoms with Gasteiger partial charge in [0.1, 0.15) is 0 Å². The van der Waals surface area contributed by atoms with E-state index in [0.717, 1.165) is 5.54 Å². The molecule has 0 N–H and O–H groups in total. The van der Waals surface area contributed by atoms with E-state index in [4.69, 9.17) is 17.0 Å². The van der Waals surface area contributed by atoms with E-state index >= 15 is 0 Å². The molecule has 0 saturated heterocycles. The molecule has 16 heavy (non-hydrogen) atoms. The van der Waals surface area contributed by atoms with Crippen molar-refractivity contribution >= 4 is 33.2 Å². The first-order valence-electron chi connectivity index (χ1n) is 5.49. The Kier molecular flexibility index (Phi) is 7.70. The average molecular weight is 373 g/mol. The predicted molar refractivity (Wildman–Crippen MR) is 79.4 cm³/mol. The van der Waals surface area contributed by atoms with Crippen LogP contribution in [0.25, 0.3) is 0 Å². The molecule has 1 atom stereocenters. The second-order valence-electron chi connectivity index (χ2n) is 6.19. The minimum atomic E-state index is -1.05. The van der Waals surface area contributed by atoms with Crippen LogP contribution in [0.1, 0.15) is 0 Å². The third-order valence-electron chi connectivity index (χ3n) is 2.71. The first-order valence-corrected chi connectivity index (χ1v) is 18.9. The number of hydrogen-bond donors (Lipinski definition) is 0. The number of hydrogen-bond acceptors (Lipinski definition) is 0. The molecule has 0 aliphatic heterocycles. The van der Waals surface area contributed by atoms with Crippen LogP contribution in [0.5, 0.6) is 0 Å². The standard InChI is InChI=1S/C11H22Si2.2ClH.Zr/c1-12(2,3)10-7-8-11(9-10)13(4,5)6;;;/h7-10H,1-6H3;2*1H;/q;;;+2/p-2. The van der Waals surface area contributed by atoms with Crippen molar-refractivity contribution in [3.05, 3.63) is 23.4 Å². The van der Waals surface area contributed by atoms with E-state index in [1.165, 1.54) is 0 Å². The van der Waals surface area contributed by atoms with Crippen molar-refractivity contribution in [3.63, 3.8) is 0 Å². The summed E-state index contributed by atoms with van der Waals surface area (Å²) in [6.45, 7) is 14.6. The van der Waals surface area contributed by atoms with Gasteiger partial charge in [0, 0.05) is 0 Å². The summed E-state index contributed by atoms with van der Waals surface area (Å²) in [7, 11) is 7.83. The zero-order valence-corrected chi connectivity index (χ0v) is 17.0. The van der Waals surface area contributed by atoms with Gasteiger partial charge in [-0.1, -0.05) is 62.7 Å².